The number of ether oxygens (including phenoxy) is 1. The fourth-order valence-corrected chi connectivity index (χ4v) is 2.51. The third-order valence-electron chi connectivity index (χ3n) is 3.33. The van der Waals surface area contributed by atoms with E-state index in [1.54, 1.807) is 26.0 Å². The summed E-state index contributed by atoms with van der Waals surface area (Å²) >= 11 is 0. The average molecular weight is 274 g/mol. The molecule has 2 nitrogen and oxygen atoms in total. The van der Waals surface area contributed by atoms with Crippen molar-refractivity contribution in [2.75, 3.05) is 6.61 Å². The van der Waals surface area contributed by atoms with Gasteiger partial charge in [0, 0.05) is 12.0 Å². The lowest BCUT2D eigenvalue weighted by molar-refractivity contribution is -0.272. The molecule has 19 heavy (non-hydrogen) atoms. The molecule has 0 saturated carbocycles. The molecule has 1 unspecified atom stereocenters. The summed E-state index contributed by atoms with van der Waals surface area (Å²) in [5.74, 6) is -0.0909. The largest absolute Gasteiger partial charge is 0.493 e. The van der Waals surface area contributed by atoms with E-state index in [0.717, 1.165) is 5.56 Å². The fourth-order valence-electron chi connectivity index (χ4n) is 2.51. The predicted octanol–water partition coefficient (Wildman–Crippen LogP) is 3.42. The zero-order chi connectivity index (χ0) is 14.3. The van der Waals surface area contributed by atoms with Gasteiger partial charge in [0.05, 0.1) is 6.61 Å². The summed E-state index contributed by atoms with van der Waals surface area (Å²) in [6, 6.07) is 4.58. The van der Waals surface area contributed by atoms with Crippen molar-refractivity contribution in [3.8, 4) is 5.75 Å². The smallest absolute Gasteiger partial charge is 0.421 e. The van der Waals surface area contributed by atoms with Crippen LogP contribution in [0.4, 0.5) is 13.2 Å². The van der Waals surface area contributed by atoms with Gasteiger partial charge in [-0.25, -0.2) is 0 Å². The van der Waals surface area contributed by atoms with Gasteiger partial charge in [0.1, 0.15) is 5.75 Å². The molecule has 2 rings (SSSR count). The van der Waals surface area contributed by atoms with Gasteiger partial charge in [0.15, 0.2) is 5.60 Å². The number of aliphatic hydroxyl groups is 1. The molecular formula is C14H17F3O2. The van der Waals surface area contributed by atoms with Crippen LogP contribution < -0.4 is 4.74 Å². The standard InChI is InChI=1S/C14H17F3O2/c1-9(2)8-13(18,14(15,16)17)11-5-3-4-10-6-7-19-12(10)11/h3-5,9,18H,6-8H2,1-2H3. The SMILES string of the molecule is CC(C)CC(O)(c1cccc2c1OCC2)C(F)(F)F. The van der Waals surface area contributed by atoms with Crippen molar-refractivity contribution in [1.82, 2.24) is 0 Å². The molecule has 1 aliphatic heterocycles. The summed E-state index contributed by atoms with van der Waals surface area (Å²) in [6.07, 6.45) is -4.52. The molecule has 1 N–H and O–H groups in total. The summed E-state index contributed by atoms with van der Waals surface area (Å²) < 4.78 is 45.2. The number of hydrogen-bond acceptors (Lipinski definition) is 2. The van der Waals surface area contributed by atoms with Crippen LogP contribution in [0.25, 0.3) is 0 Å². The van der Waals surface area contributed by atoms with E-state index in [2.05, 4.69) is 0 Å². The van der Waals surface area contributed by atoms with E-state index in [1.165, 1.54) is 6.07 Å². The van der Waals surface area contributed by atoms with Crippen molar-refractivity contribution < 1.29 is 23.0 Å². The monoisotopic (exact) mass is 274 g/mol. The Morgan fingerprint density at radius 3 is 2.58 bits per heavy atom. The molecule has 5 heteroatoms. The molecule has 1 atom stereocenters. The molecule has 1 aliphatic rings. The molecule has 0 bridgehead atoms. The number of alkyl halides is 3. The summed E-state index contributed by atoms with van der Waals surface area (Å²) in [7, 11) is 0. The highest BCUT2D eigenvalue weighted by Gasteiger charge is 2.56. The van der Waals surface area contributed by atoms with Crippen molar-refractivity contribution >= 4 is 0 Å². The van der Waals surface area contributed by atoms with Crippen LogP contribution in [0, 0.1) is 5.92 Å². The number of hydrogen-bond donors (Lipinski definition) is 1. The van der Waals surface area contributed by atoms with Crippen molar-refractivity contribution in [3.63, 3.8) is 0 Å². The van der Waals surface area contributed by atoms with Gasteiger partial charge in [-0.2, -0.15) is 13.2 Å². The van der Waals surface area contributed by atoms with Gasteiger partial charge in [-0.3, -0.25) is 0 Å². The van der Waals surface area contributed by atoms with E-state index in [9.17, 15) is 18.3 Å². The topological polar surface area (TPSA) is 29.5 Å². The van der Waals surface area contributed by atoms with Crippen LogP contribution in [0.3, 0.4) is 0 Å². The quantitative estimate of drug-likeness (QED) is 0.915. The molecule has 1 aromatic carbocycles. The summed E-state index contributed by atoms with van der Waals surface area (Å²) in [5, 5.41) is 10.2. The van der Waals surface area contributed by atoms with Gasteiger partial charge < -0.3 is 9.84 Å². The normalized spacial score (nSPS) is 18.1. The Hall–Kier alpha value is -1.23. The molecule has 0 spiro atoms. The average Bonchev–Trinajstić information content (AvgIpc) is 2.73. The van der Waals surface area contributed by atoms with Crippen LogP contribution in [0.2, 0.25) is 0 Å². The van der Waals surface area contributed by atoms with Crippen molar-refractivity contribution in [3.05, 3.63) is 29.3 Å². The minimum atomic E-state index is -4.72. The first-order valence-corrected chi connectivity index (χ1v) is 6.30. The lowest BCUT2D eigenvalue weighted by atomic mass is 9.83. The molecule has 0 radical (unpaired) electrons. The van der Waals surface area contributed by atoms with Crippen molar-refractivity contribution in [1.29, 1.82) is 0 Å². The molecule has 0 amide bonds. The van der Waals surface area contributed by atoms with Gasteiger partial charge >= 0.3 is 6.18 Å². The van der Waals surface area contributed by atoms with Crippen LogP contribution >= 0.6 is 0 Å². The molecule has 1 heterocycles. The highest BCUT2D eigenvalue weighted by molar-refractivity contribution is 5.47. The zero-order valence-corrected chi connectivity index (χ0v) is 10.9. The third kappa shape index (κ3) is 2.43. The van der Waals surface area contributed by atoms with Gasteiger partial charge in [0.25, 0.3) is 0 Å². The first-order valence-electron chi connectivity index (χ1n) is 6.30. The highest BCUT2D eigenvalue weighted by Crippen LogP contribution is 2.48. The zero-order valence-electron chi connectivity index (χ0n) is 10.9. The lowest BCUT2D eigenvalue weighted by Crippen LogP contribution is -2.43. The maximum absolute atomic E-state index is 13.3. The van der Waals surface area contributed by atoms with Gasteiger partial charge in [-0.05, 0) is 17.9 Å². The van der Waals surface area contributed by atoms with Crippen LogP contribution in [0.5, 0.6) is 5.75 Å². The number of benzene rings is 1. The molecule has 0 fully saturated rings. The van der Waals surface area contributed by atoms with Gasteiger partial charge in [0.2, 0.25) is 0 Å². The van der Waals surface area contributed by atoms with E-state index < -0.39 is 11.8 Å². The maximum atomic E-state index is 13.3. The molecule has 0 aliphatic carbocycles. The van der Waals surface area contributed by atoms with Crippen LogP contribution in [-0.2, 0) is 12.0 Å². The van der Waals surface area contributed by atoms with Gasteiger partial charge in [-0.15, -0.1) is 0 Å². The third-order valence-corrected chi connectivity index (χ3v) is 3.33. The van der Waals surface area contributed by atoms with E-state index >= 15 is 0 Å². The fraction of sp³-hybridized carbons (Fsp3) is 0.571. The second-order valence-electron chi connectivity index (χ2n) is 5.35. The number of halogens is 3. The Bertz CT molecular complexity index is 468. The van der Waals surface area contributed by atoms with E-state index in [4.69, 9.17) is 4.74 Å². The Labute approximate surface area is 110 Å². The molecular weight excluding hydrogens is 257 g/mol. The van der Waals surface area contributed by atoms with Crippen molar-refractivity contribution in [2.45, 2.75) is 38.5 Å². The van der Waals surface area contributed by atoms with E-state index in [-0.39, 0.29) is 23.7 Å². The van der Waals surface area contributed by atoms with Crippen LogP contribution in [0.1, 0.15) is 31.4 Å². The minimum Gasteiger partial charge on any atom is -0.493 e. The second-order valence-corrected chi connectivity index (χ2v) is 5.35. The Balaban J connectivity index is 2.54. The summed E-state index contributed by atoms with van der Waals surface area (Å²) in [5.41, 5.74) is -2.29. The van der Waals surface area contributed by atoms with E-state index in [1.807, 2.05) is 0 Å². The number of rotatable bonds is 3. The summed E-state index contributed by atoms with van der Waals surface area (Å²) in [4.78, 5) is 0. The molecule has 0 aromatic heterocycles. The Kier molecular flexibility index (Phi) is 3.51. The number of fused-ring (bicyclic) bond motifs is 1. The maximum Gasteiger partial charge on any atom is 0.421 e. The minimum absolute atomic E-state index is 0.163. The first-order chi connectivity index (χ1) is 8.75. The second kappa shape index (κ2) is 4.71. The predicted molar refractivity (Wildman–Crippen MR) is 65.0 cm³/mol. The van der Waals surface area contributed by atoms with Crippen molar-refractivity contribution in [2.24, 2.45) is 5.92 Å². The van der Waals surface area contributed by atoms with Crippen LogP contribution in [0.15, 0.2) is 18.2 Å². The first kappa shape index (κ1) is 14.2. The van der Waals surface area contributed by atoms with Crippen LogP contribution in [-0.4, -0.2) is 17.9 Å². The van der Waals surface area contributed by atoms with Gasteiger partial charge in [-0.1, -0.05) is 32.0 Å². The molecule has 0 saturated heterocycles. The highest BCUT2D eigenvalue weighted by atomic mass is 19.4. The molecule has 106 valence electrons. The Morgan fingerprint density at radius 1 is 1.32 bits per heavy atom. The summed E-state index contributed by atoms with van der Waals surface area (Å²) in [6.45, 7) is 3.67. The Morgan fingerprint density at radius 2 is 2.00 bits per heavy atom. The van der Waals surface area contributed by atoms with E-state index in [0.29, 0.717) is 13.0 Å². The lowest BCUT2D eigenvalue weighted by Gasteiger charge is -2.33. The molecule has 1 aromatic rings. The number of para-hydroxylation sites is 1.